The van der Waals surface area contributed by atoms with Crippen molar-refractivity contribution in [1.29, 1.82) is 0 Å². The molecule has 0 aromatic heterocycles. The smallest absolute Gasteiger partial charge is 1.00 e. The molecule has 0 spiro atoms. The molecule has 0 aliphatic heterocycles. The summed E-state index contributed by atoms with van der Waals surface area (Å²) in [6.07, 6.45) is 0. The Bertz CT molecular complexity index is 205. The molecule has 0 aromatic rings. The molecule has 0 radical (unpaired) electrons. The van der Waals surface area contributed by atoms with Crippen LogP contribution >= 0.6 is 7.82 Å². The Labute approximate surface area is 114 Å². The van der Waals surface area contributed by atoms with Gasteiger partial charge in [-0.15, -0.1) is 0 Å². The molecule has 0 saturated heterocycles. The van der Waals surface area contributed by atoms with Gasteiger partial charge in [0.25, 0.3) is 0 Å². The largest absolute Gasteiger partial charge is 2.00 e. The van der Waals surface area contributed by atoms with Crippen LogP contribution in [-0.4, -0.2) is 69.9 Å². The second kappa shape index (κ2) is 9.42. The molecule has 0 unspecified atom stereocenters. The maximum atomic E-state index is 8.88. The second-order valence-electron chi connectivity index (χ2n) is 0.961. The molecule has 8 nitrogen and oxygen atoms in total. The van der Waals surface area contributed by atoms with E-state index in [0.717, 1.165) is 0 Å². The predicted octanol–water partition coefficient (Wildman–Crippen LogP) is -1.74. The minimum absolute atomic E-state index is 0. The van der Waals surface area contributed by atoms with E-state index in [1.54, 1.807) is 0 Å². The third-order valence-corrected chi connectivity index (χ3v) is 0. The molecule has 0 aromatic carbocycles. The van der Waals surface area contributed by atoms with Gasteiger partial charge in [0.1, 0.15) is 0 Å². The summed E-state index contributed by atoms with van der Waals surface area (Å²) in [5, 5.41) is 0. The van der Waals surface area contributed by atoms with Gasteiger partial charge in [0, 0.05) is 19.5 Å². The quantitative estimate of drug-likeness (QED) is 0.201. The fourth-order valence-corrected chi connectivity index (χ4v) is 0. The zero-order valence-electron chi connectivity index (χ0n) is 7.73. The third-order valence-electron chi connectivity index (χ3n) is 0. The zero-order valence-corrected chi connectivity index (χ0v) is 12.6. The topological polar surface area (TPSA) is 152 Å². The summed E-state index contributed by atoms with van der Waals surface area (Å²) in [4.78, 5) is 21.6. The van der Waals surface area contributed by atoms with E-state index in [2.05, 4.69) is 0 Å². The van der Waals surface area contributed by atoms with Crippen molar-refractivity contribution in [3.05, 3.63) is 0 Å². The summed E-state index contributed by atoms with van der Waals surface area (Å²) in [5.74, 6) is 0. The average Bonchev–Trinajstić information content (AvgIpc) is 1.12. The number of hydrogen-bond donors (Lipinski definition) is 5. The van der Waals surface area contributed by atoms with Crippen molar-refractivity contribution in [1.82, 2.24) is 0 Å². The molecule has 0 saturated carbocycles. The van der Waals surface area contributed by atoms with Gasteiger partial charge in [-0.05, 0) is 0 Å². The minimum Gasteiger partial charge on any atom is -1.00 e. The van der Waals surface area contributed by atoms with E-state index < -0.39 is 18.2 Å². The predicted molar refractivity (Wildman–Crippen MR) is 36.4 cm³/mol. The van der Waals surface area contributed by atoms with Crippen LogP contribution in [-0.2, 0) is 34.4 Å². The summed E-state index contributed by atoms with van der Waals surface area (Å²) in [6, 6.07) is 0. The van der Waals surface area contributed by atoms with Crippen molar-refractivity contribution in [3.63, 3.8) is 0 Å². The van der Waals surface area contributed by atoms with Gasteiger partial charge in [-0.25, -0.2) is 4.57 Å². The van der Waals surface area contributed by atoms with Gasteiger partial charge in [-0.2, -0.15) is 8.42 Å². The van der Waals surface area contributed by atoms with Gasteiger partial charge in [0.05, 0.1) is 0 Å². The van der Waals surface area contributed by atoms with Crippen LogP contribution in [0.3, 0.4) is 0 Å². The minimum atomic E-state index is -4.67. The first-order valence-corrected chi connectivity index (χ1v) is 4.44. The van der Waals surface area contributed by atoms with Crippen molar-refractivity contribution >= 4 is 56.0 Å². The molecule has 5 N–H and O–H groups in total. The van der Waals surface area contributed by atoms with Crippen LogP contribution < -0.4 is 0 Å². The van der Waals surface area contributed by atoms with Crippen LogP contribution in [0.2, 0.25) is 0 Å². The van der Waals surface area contributed by atoms with Gasteiger partial charge in [0.2, 0.25) is 0 Å². The molecule has 0 aliphatic carbocycles. The molecule has 0 amide bonds. The first-order valence-electron chi connectivity index (χ1n) is 1.48. The zero-order chi connectivity index (χ0) is 9.00. The molecular weight excluding hydrogens is 297 g/mol. The van der Waals surface area contributed by atoms with Crippen molar-refractivity contribution in [3.8, 4) is 0 Å². The molecular formula is H7CaO8PSZn. The van der Waals surface area contributed by atoms with Crippen LogP contribution in [0.25, 0.3) is 0 Å². The van der Waals surface area contributed by atoms with Gasteiger partial charge < -0.3 is 17.5 Å². The standard InChI is InChI=1S/Ca.H3O4P.H2O4S.Zn.2H/c;2*1-5(2,3)4;;;/h;(H3,1,2,3,4);(H2,1,2,3,4);;;/q+2;;;;2*-1. The maximum absolute atomic E-state index is 8.88. The van der Waals surface area contributed by atoms with Crippen LogP contribution in [0.15, 0.2) is 0 Å². The SMILES string of the molecule is O=P(O)(O)O.O=S(=O)(O)O.[Ca+2].[H-].[H-].[Zn]. The Morgan fingerprint density at radius 2 is 1.08 bits per heavy atom. The van der Waals surface area contributed by atoms with Crippen molar-refractivity contribution in [2.75, 3.05) is 0 Å². The van der Waals surface area contributed by atoms with Crippen LogP contribution in [0.5, 0.6) is 0 Å². The molecule has 0 fully saturated rings. The first-order chi connectivity index (χ1) is 4.00. The van der Waals surface area contributed by atoms with Crippen LogP contribution in [0.4, 0.5) is 0 Å². The molecule has 12 heteroatoms. The number of rotatable bonds is 0. The summed E-state index contributed by atoms with van der Waals surface area (Å²) in [6.45, 7) is 0. The van der Waals surface area contributed by atoms with Gasteiger partial charge in [-0.1, -0.05) is 0 Å². The van der Waals surface area contributed by atoms with Crippen molar-refractivity contribution in [2.45, 2.75) is 0 Å². The summed E-state index contributed by atoms with van der Waals surface area (Å²) >= 11 is 0. The number of phosphoric acid groups is 1. The van der Waals surface area contributed by atoms with E-state index in [0.29, 0.717) is 0 Å². The average molecular weight is 304 g/mol. The fourth-order valence-electron chi connectivity index (χ4n) is 0. The Kier molecular flexibility index (Phi) is 18.5. The second-order valence-corrected chi connectivity index (χ2v) is 2.88. The Morgan fingerprint density at radius 3 is 1.08 bits per heavy atom. The Hall–Kier alpha value is 1.86. The van der Waals surface area contributed by atoms with Crippen molar-refractivity contribution < 1.29 is 59.1 Å². The third kappa shape index (κ3) is 403. The van der Waals surface area contributed by atoms with E-state index >= 15 is 0 Å². The van der Waals surface area contributed by atoms with E-state index in [1.807, 2.05) is 0 Å². The Morgan fingerprint density at radius 1 is 1.08 bits per heavy atom. The monoisotopic (exact) mass is 302 g/mol. The number of hydrogen-bond acceptors (Lipinski definition) is 3. The van der Waals surface area contributed by atoms with Gasteiger partial charge in [-0.3, -0.25) is 9.11 Å². The van der Waals surface area contributed by atoms with Gasteiger partial charge in [0.15, 0.2) is 0 Å². The van der Waals surface area contributed by atoms with Crippen LogP contribution in [0, 0.1) is 0 Å². The van der Waals surface area contributed by atoms with Crippen molar-refractivity contribution in [2.24, 2.45) is 0 Å². The summed E-state index contributed by atoms with van der Waals surface area (Å²) in [7, 11) is -9.31. The first kappa shape index (κ1) is 23.6. The van der Waals surface area contributed by atoms with Crippen LogP contribution in [0.1, 0.15) is 2.85 Å². The van der Waals surface area contributed by atoms with E-state index in [9.17, 15) is 0 Å². The molecule has 0 bridgehead atoms. The summed E-state index contributed by atoms with van der Waals surface area (Å²) < 4.78 is 40.5. The normalized spacial score (nSPS) is 9.75. The van der Waals surface area contributed by atoms with E-state index in [-0.39, 0.29) is 60.1 Å². The van der Waals surface area contributed by atoms with E-state index in [4.69, 9.17) is 36.8 Å². The molecule has 0 heterocycles. The maximum Gasteiger partial charge on any atom is 2.00 e. The fraction of sp³-hybridized carbons (Fsp3) is 0. The molecule has 0 aliphatic rings. The Balaban J connectivity index is -0.0000000178. The van der Waals surface area contributed by atoms with E-state index in [1.165, 1.54) is 0 Å². The molecule has 0 atom stereocenters. The molecule has 70 valence electrons. The molecule has 0 rings (SSSR count). The summed E-state index contributed by atoms with van der Waals surface area (Å²) in [5.41, 5.74) is 0. The molecule has 12 heavy (non-hydrogen) atoms. The van der Waals surface area contributed by atoms with Gasteiger partial charge >= 0.3 is 56.0 Å².